The molecule has 1 aromatic carbocycles. The summed E-state index contributed by atoms with van der Waals surface area (Å²) in [7, 11) is 0. The highest BCUT2D eigenvalue weighted by atomic mass is 19.4. The summed E-state index contributed by atoms with van der Waals surface area (Å²) in [6.45, 7) is -4.69. The largest absolute Gasteiger partial charge is 0.418 e. The van der Waals surface area contributed by atoms with E-state index in [0.717, 1.165) is 17.0 Å². The monoisotopic (exact) mass is 492 g/mol. The molecule has 2 amide bonds. The number of morpholine rings is 1. The Morgan fingerprint density at radius 2 is 1.88 bits per heavy atom. The fourth-order valence-corrected chi connectivity index (χ4v) is 3.21. The van der Waals surface area contributed by atoms with Crippen LogP contribution in [0, 0.1) is 0 Å². The number of carbonyl (C=O) groups is 2. The molecule has 0 aliphatic carbocycles. The quantitative estimate of drug-likeness (QED) is 0.545. The summed E-state index contributed by atoms with van der Waals surface area (Å²) in [6, 6.07) is 0.506. The van der Waals surface area contributed by atoms with Crippen LogP contribution in [0.1, 0.15) is 5.56 Å². The zero-order valence-electron chi connectivity index (χ0n) is 16.8. The van der Waals surface area contributed by atoms with Gasteiger partial charge in [0.25, 0.3) is 12.3 Å². The molecule has 1 aliphatic rings. The number of benzene rings is 1. The smallest absolute Gasteiger partial charge is 0.370 e. The first-order valence-electron chi connectivity index (χ1n) is 9.42. The van der Waals surface area contributed by atoms with Crippen molar-refractivity contribution in [3.63, 3.8) is 0 Å². The van der Waals surface area contributed by atoms with E-state index in [9.17, 15) is 44.7 Å². The molecule has 1 aliphatic heterocycles. The Labute approximate surface area is 182 Å². The number of nitrogens with one attached hydrogen (secondary N) is 1. The Hall–Kier alpha value is -2.52. The lowest BCUT2D eigenvalue weighted by Gasteiger charge is -2.31. The van der Waals surface area contributed by atoms with Crippen LogP contribution in [0.2, 0.25) is 0 Å². The molecule has 2 rings (SSSR count). The molecule has 7 nitrogen and oxygen atoms in total. The number of ether oxygens (including phenoxy) is 1. The molecule has 15 heteroatoms. The zero-order valence-corrected chi connectivity index (χ0v) is 16.8. The average molecular weight is 492 g/mol. The predicted molar refractivity (Wildman–Crippen MR) is 99.7 cm³/mol. The van der Waals surface area contributed by atoms with Crippen molar-refractivity contribution >= 4 is 23.2 Å². The van der Waals surface area contributed by atoms with E-state index in [1.54, 1.807) is 0 Å². The Kier molecular flexibility index (Phi) is 8.59. The third-order valence-corrected chi connectivity index (χ3v) is 4.57. The van der Waals surface area contributed by atoms with Crippen LogP contribution in [-0.2, 0) is 20.5 Å². The van der Waals surface area contributed by atoms with Gasteiger partial charge in [-0.05, 0) is 18.2 Å². The van der Waals surface area contributed by atoms with Crippen LogP contribution in [0.5, 0.6) is 0 Å². The van der Waals surface area contributed by atoms with E-state index in [0.29, 0.717) is 6.07 Å². The molecule has 0 unspecified atom stereocenters. The maximum Gasteiger partial charge on any atom is 0.418 e. The highest BCUT2D eigenvalue weighted by Gasteiger charge is 2.39. The molecule has 0 spiro atoms. The number of nitrogens with two attached hydrogens (primary N) is 1. The normalized spacial score (nSPS) is 16.5. The molecule has 186 valence electrons. The standard InChI is InChI=1S/C18H20F8N4O3/c19-14(20)7-29(9-17(21,22)23)13(6-27)16(32)28-10-1-2-12(11(5-10)18(24,25)26)30-3-4-33-8-15(30)31/h1-2,5,13-14H,3-4,6-9,27H2,(H,28,32)/t13-/m0/s1. The van der Waals surface area contributed by atoms with Crippen molar-refractivity contribution < 1.29 is 49.4 Å². The summed E-state index contributed by atoms with van der Waals surface area (Å²) >= 11 is 0. The van der Waals surface area contributed by atoms with E-state index in [4.69, 9.17) is 10.5 Å². The van der Waals surface area contributed by atoms with Crippen LogP contribution >= 0.6 is 0 Å². The molecule has 1 atom stereocenters. The maximum absolute atomic E-state index is 13.6. The molecule has 33 heavy (non-hydrogen) atoms. The van der Waals surface area contributed by atoms with Gasteiger partial charge in [-0.3, -0.25) is 14.5 Å². The molecule has 3 N–H and O–H groups in total. The number of amides is 2. The van der Waals surface area contributed by atoms with E-state index >= 15 is 0 Å². The van der Waals surface area contributed by atoms with Crippen LogP contribution < -0.4 is 16.0 Å². The molecule has 1 aromatic rings. The summed E-state index contributed by atoms with van der Waals surface area (Å²) in [5.41, 5.74) is 3.04. The summed E-state index contributed by atoms with van der Waals surface area (Å²) in [5, 5.41) is 1.99. The predicted octanol–water partition coefficient (Wildman–Crippen LogP) is 2.46. The zero-order chi connectivity index (χ0) is 25.0. The fraction of sp³-hybridized carbons (Fsp3) is 0.556. The summed E-state index contributed by atoms with van der Waals surface area (Å²) in [4.78, 5) is 25.3. The molecular weight excluding hydrogens is 472 g/mol. The van der Waals surface area contributed by atoms with Crippen molar-refractivity contribution in [3.05, 3.63) is 23.8 Å². The first-order valence-corrected chi connectivity index (χ1v) is 9.42. The minimum Gasteiger partial charge on any atom is -0.370 e. The van der Waals surface area contributed by atoms with Crippen molar-refractivity contribution in [3.8, 4) is 0 Å². The maximum atomic E-state index is 13.6. The second-order valence-electron chi connectivity index (χ2n) is 7.00. The number of alkyl halides is 8. The second kappa shape index (κ2) is 10.6. The van der Waals surface area contributed by atoms with Gasteiger partial charge in [-0.15, -0.1) is 0 Å². The van der Waals surface area contributed by atoms with Gasteiger partial charge >= 0.3 is 12.4 Å². The van der Waals surface area contributed by atoms with Gasteiger partial charge < -0.3 is 20.7 Å². The Morgan fingerprint density at radius 3 is 2.39 bits per heavy atom. The van der Waals surface area contributed by atoms with Crippen LogP contribution in [0.15, 0.2) is 18.2 Å². The molecule has 1 saturated heterocycles. The van der Waals surface area contributed by atoms with Gasteiger partial charge in [-0.2, -0.15) is 26.3 Å². The Balaban J connectivity index is 2.32. The number of halogens is 8. The Bertz CT molecular complexity index is 847. The van der Waals surface area contributed by atoms with E-state index in [1.165, 1.54) is 0 Å². The van der Waals surface area contributed by atoms with Crippen LogP contribution in [0.4, 0.5) is 46.5 Å². The van der Waals surface area contributed by atoms with Crippen molar-refractivity contribution in [2.45, 2.75) is 24.8 Å². The summed E-state index contributed by atoms with van der Waals surface area (Å²) in [6.07, 6.45) is -13.1. The van der Waals surface area contributed by atoms with E-state index in [2.05, 4.69) is 0 Å². The second-order valence-corrected chi connectivity index (χ2v) is 7.00. The molecule has 0 aromatic heterocycles. The third kappa shape index (κ3) is 7.50. The third-order valence-electron chi connectivity index (χ3n) is 4.57. The average Bonchev–Trinajstić information content (AvgIpc) is 2.66. The number of rotatable bonds is 8. The number of nitrogens with zero attached hydrogens (tertiary/aromatic N) is 2. The lowest BCUT2D eigenvalue weighted by atomic mass is 10.1. The molecule has 0 radical (unpaired) electrons. The van der Waals surface area contributed by atoms with E-state index < -0.39 is 79.8 Å². The van der Waals surface area contributed by atoms with E-state index in [-0.39, 0.29) is 18.1 Å². The van der Waals surface area contributed by atoms with Gasteiger partial charge in [-0.1, -0.05) is 0 Å². The molecule has 0 saturated carbocycles. The molecule has 0 bridgehead atoms. The van der Waals surface area contributed by atoms with Gasteiger partial charge in [0.15, 0.2) is 0 Å². The van der Waals surface area contributed by atoms with Gasteiger partial charge in [0.2, 0.25) is 5.91 Å². The van der Waals surface area contributed by atoms with Crippen molar-refractivity contribution in [1.82, 2.24) is 4.90 Å². The fourth-order valence-electron chi connectivity index (χ4n) is 3.21. The molecular formula is C18H20F8N4O3. The van der Waals surface area contributed by atoms with Gasteiger partial charge in [0.05, 0.1) is 30.9 Å². The first kappa shape index (κ1) is 26.7. The van der Waals surface area contributed by atoms with Crippen molar-refractivity contribution in [1.29, 1.82) is 0 Å². The number of hydrogen-bond donors (Lipinski definition) is 2. The van der Waals surface area contributed by atoms with Gasteiger partial charge in [-0.25, -0.2) is 8.78 Å². The van der Waals surface area contributed by atoms with Crippen molar-refractivity contribution in [2.24, 2.45) is 5.73 Å². The highest BCUT2D eigenvalue weighted by molar-refractivity contribution is 5.98. The SMILES string of the molecule is NC[C@@H](C(=O)Nc1ccc(N2CCOCC2=O)c(C(F)(F)F)c1)N(CC(F)F)CC(F)(F)F. The van der Waals surface area contributed by atoms with Crippen LogP contribution in [0.3, 0.4) is 0 Å². The molecule has 1 fully saturated rings. The topological polar surface area (TPSA) is 87.9 Å². The van der Waals surface area contributed by atoms with Crippen molar-refractivity contribution in [2.75, 3.05) is 49.6 Å². The highest BCUT2D eigenvalue weighted by Crippen LogP contribution is 2.38. The number of anilines is 2. The van der Waals surface area contributed by atoms with Gasteiger partial charge in [0.1, 0.15) is 12.6 Å². The van der Waals surface area contributed by atoms with Crippen LogP contribution in [-0.4, -0.2) is 74.8 Å². The van der Waals surface area contributed by atoms with E-state index in [1.807, 2.05) is 5.32 Å². The lowest BCUT2D eigenvalue weighted by Crippen LogP contribution is -2.53. The minimum atomic E-state index is -4.96. The Morgan fingerprint density at radius 1 is 1.21 bits per heavy atom. The number of hydrogen-bond acceptors (Lipinski definition) is 5. The minimum absolute atomic E-state index is 0.00111. The van der Waals surface area contributed by atoms with Crippen LogP contribution in [0.25, 0.3) is 0 Å². The van der Waals surface area contributed by atoms with Gasteiger partial charge in [0, 0.05) is 18.8 Å². The molecule has 1 heterocycles. The lowest BCUT2D eigenvalue weighted by molar-refractivity contribution is -0.157. The summed E-state index contributed by atoms with van der Waals surface area (Å²) in [5.74, 6) is -2.02. The first-order chi connectivity index (χ1) is 15.2. The number of carbonyl (C=O) groups excluding carboxylic acids is 2. The summed E-state index contributed by atoms with van der Waals surface area (Å²) < 4.78 is 109.